The molecule has 132 valence electrons. The van der Waals surface area contributed by atoms with Crippen molar-refractivity contribution in [1.82, 2.24) is 9.88 Å². The van der Waals surface area contributed by atoms with Crippen LogP contribution in [0, 0.1) is 0 Å². The molecule has 0 N–H and O–H groups in total. The molecule has 2 atom stereocenters. The van der Waals surface area contributed by atoms with Crippen LogP contribution in [-0.2, 0) is 9.53 Å². The zero-order chi connectivity index (χ0) is 17.9. The van der Waals surface area contributed by atoms with Gasteiger partial charge >= 0.3 is 5.97 Å². The van der Waals surface area contributed by atoms with Crippen LogP contribution in [0.4, 0.5) is 0 Å². The van der Waals surface area contributed by atoms with Crippen LogP contribution in [0.15, 0.2) is 10.7 Å². The normalized spacial score (nSPS) is 20.5. The Labute approximate surface area is 149 Å². The summed E-state index contributed by atoms with van der Waals surface area (Å²) in [4.78, 5) is 29.4. The summed E-state index contributed by atoms with van der Waals surface area (Å²) in [6.07, 6.45) is 1.37. The molecule has 0 aliphatic carbocycles. The molecule has 8 heteroatoms. The van der Waals surface area contributed by atoms with Gasteiger partial charge in [-0.2, -0.15) is 0 Å². The molecule has 1 unspecified atom stereocenters. The average molecular weight is 401 g/mol. The summed E-state index contributed by atoms with van der Waals surface area (Å²) in [6.45, 7) is 4.22. The summed E-state index contributed by atoms with van der Waals surface area (Å²) >= 11 is 3.34. The van der Waals surface area contributed by atoms with Gasteiger partial charge in [0.15, 0.2) is 10.4 Å². The highest BCUT2D eigenvalue weighted by molar-refractivity contribution is 9.10. The van der Waals surface area contributed by atoms with Gasteiger partial charge in [0, 0.05) is 38.4 Å². The van der Waals surface area contributed by atoms with Crippen molar-refractivity contribution in [3.63, 3.8) is 0 Å². The molecule has 0 aromatic carbocycles. The van der Waals surface area contributed by atoms with E-state index in [2.05, 4.69) is 20.9 Å². The molecule has 1 aliphatic heterocycles. The quantitative estimate of drug-likeness (QED) is 0.570. The fraction of sp³-hybridized carbons (Fsp3) is 0.562. The first-order valence-electron chi connectivity index (χ1n) is 7.64. The Kier molecular flexibility index (Phi) is 6.04. The number of likely N-dealkylation sites (tertiary alicyclic amines) is 1. The third-order valence-corrected chi connectivity index (χ3v) is 4.60. The SMILES string of the molecule is COC(=O)c1cc(OC2CCN(C(C)=O)[C@H](C)C2)c(Br)nc1OC. The molecule has 1 aromatic rings. The van der Waals surface area contributed by atoms with Gasteiger partial charge in [-0.15, -0.1) is 0 Å². The Morgan fingerprint density at radius 1 is 1.38 bits per heavy atom. The van der Waals surface area contributed by atoms with Crippen molar-refractivity contribution in [3.05, 3.63) is 16.2 Å². The first-order valence-corrected chi connectivity index (χ1v) is 8.43. The minimum Gasteiger partial charge on any atom is -0.487 e. The summed E-state index contributed by atoms with van der Waals surface area (Å²) in [5.41, 5.74) is 0.201. The molecule has 1 aliphatic rings. The molecule has 2 heterocycles. The summed E-state index contributed by atoms with van der Waals surface area (Å²) in [5.74, 6) is 0.142. The van der Waals surface area contributed by atoms with E-state index in [0.29, 0.717) is 23.3 Å². The molecular weight excluding hydrogens is 380 g/mol. The van der Waals surface area contributed by atoms with E-state index in [0.717, 1.165) is 6.42 Å². The predicted molar refractivity (Wildman–Crippen MR) is 90.3 cm³/mol. The third kappa shape index (κ3) is 3.98. The smallest absolute Gasteiger partial charge is 0.343 e. The Hall–Kier alpha value is -1.83. The number of hydrogen-bond acceptors (Lipinski definition) is 6. The zero-order valence-electron chi connectivity index (χ0n) is 14.2. The number of carbonyl (C=O) groups is 2. The molecule has 1 aromatic heterocycles. The molecular formula is C16H21BrN2O5. The Morgan fingerprint density at radius 3 is 2.62 bits per heavy atom. The van der Waals surface area contributed by atoms with Crippen LogP contribution in [-0.4, -0.2) is 54.7 Å². The number of ether oxygens (including phenoxy) is 3. The van der Waals surface area contributed by atoms with E-state index in [1.807, 2.05) is 11.8 Å². The number of rotatable bonds is 4. The van der Waals surface area contributed by atoms with Gasteiger partial charge in [-0.3, -0.25) is 4.79 Å². The monoisotopic (exact) mass is 400 g/mol. The zero-order valence-corrected chi connectivity index (χ0v) is 15.8. The fourth-order valence-corrected chi connectivity index (χ4v) is 3.20. The number of hydrogen-bond donors (Lipinski definition) is 0. The highest BCUT2D eigenvalue weighted by atomic mass is 79.9. The molecule has 1 fully saturated rings. The van der Waals surface area contributed by atoms with E-state index in [4.69, 9.17) is 14.2 Å². The number of methoxy groups -OCH3 is 2. The van der Waals surface area contributed by atoms with Crippen LogP contribution in [0.25, 0.3) is 0 Å². The number of amides is 1. The van der Waals surface area contributed by atoms with Crippen molar-refractivity contribution in [2.24, 2.45) is 0 Å². The molecule has 1 amide bonds. The highest BCUT2D eigenvalue weighted by Crippen LogP contribution is 2.32. The van der Waals surface area contributed by atoms with Crippen LogP contribution in [0.3, 0.4) is 0 Å². The standard InChI is InChI=1S/C16H21BrN2O5/c1-9-7-11(5-6-19(9)10(2)20)24-13-8-12(16(21)23-4)15(22-3)18-14(13)17/h8-9,11H,5-7H2,1-4H3/t9-,11?/m1/s1. The first kappa shape index (κ1) is 18.5. The Balaban J connectivity index is 2.18. The number of esters is 1. The summed E-state index contributed by atoms with van der Waals surface area (Å²) in [5, 5.41) is 0. The second kappa shape index (κ2) is 7.83. The van der Waals surface area contributed by atoms with Crippen LogP contribution in [0.1, 0.15) is 37.0 Å². The van der Waals surface area contributed by atoms with Gasteiger partial charge in [-0.05, 0) is 22.9 Å². The molecule has 0 bridgehead atoms. The second-order valence-electron chi connectivity index (χ2n) is 5.65. The van der Waals surface area contributed by atoms with Crippen LogP contribution >= 0.6 is 15.9 Å². The largest absolute Gasteiger partial charge is 0.487 e. The van der Waals surface area contributed by atoms with Gasteiger partial charge in [-0.1, -0.05) is 0 Å². The van der Waals surface area contributed by atoms with E-state index in [1.54, 1.807) is 13.0 Å². The van der Waals surface area contributed by atoms with Crippen LogP contribution in [0.2, 0.25) is 0 Å². The van der Waals surface area contributed by atoms with Gasteiger partial charge in [0.25, 0.3) is 0 Å². The number of halogens is 1. The van der Waals surface area contributed by atoms with Gasteiger partial charge in [-0.25, -0.2) is 9.78 Å². The average Bonchev–Trinajstić information content (AvgIpc) is 2.55. The van der Waals surface area contributed by atoms with Crippen LogP contribution < -0.4 is 9.47 Å². The maximum Gasteiger partial charge on any atom is 0.343 e. The van der Waals surface area contributed by atoms with E-state index in [-0.39, 0.29) is 29.5 Å². The van der Waals surface area contributed by atoms with Gasteiger partial charge < -0.3 is 19.1 Å². The highest BCUT2D eigenvalue weighted by Gasteiger charge is 2.29. The molecule has 24 heavy (non-hydrogen) atoms. The minimum atomic E-state index is -0.545. The van der Waals surface area contributed by atoms with E-state index >= 15 is 0 Å². The first-order chi connectivity index (χ1) is 11.4. The molecule has 0 spiro atoms. The van der Waals surface area contributed by atoms with E-state index < -0.39 is 5.97 Å². The van der Waals surface area contributed by atoms with Crippen LogP contribution in [0.5, 0.6) is 11.6 Å². The molecule has 2 rings (SSSR count). The van der Waals surface area contributed by atoms with Gasteiger partial charge in [0.2, 0.25) is 11.8 Å². The van der Waals surface area contributed by atoms with E-state index in [9.17, 15) is 9.59 Å². The lowest BCUT2D eigenvalue weighted by Crippen LogP contribution is -2.46. The predicted octanol–water partition coefficient (Wildman–Crippen LogP) is 2.42. The van der Waals surface area contributed by atoms with Crippen molar-refractivity contribution >= 4 is 27.8 Å². The lowest BCUT2D eigenvalue weighted by molar-refractivity contribution is -0.133. The maximum atomic E-state index is 11.9. The Bertz CT molecular complexity index is 637. The number of piperidine rings is 1. The number of aromatic nitrogens is 1. The number of nitrogens with zero attached hydrogens (tertiary/aromatic N) is 2. The number of pyridine rings is 1. The molecule has 0 saturated carbocycles. The van der Waals surface area contributed by atoms with Crippen molar-refractivity contribution in [2.75, 3.05) is 20.8 Å². The van der Waals surface area contributed by atoms with Gasteiger partial charge in [0.1, 0.15) is 11.7 Å². The molecule has 0 radical (unpaired) electrons. The minimum absolute atomic E-state index is 0.0624. The van der Waals surface area contributed by atoms with Crippen molar-refractivity contribution in [2.45, 2.75) is 38.8 Å². The number of carbonyl (C=O) groups excluding carboxylic acids is 2. The van der Waals surface area contributed by atoms with Crippen molar-refractivity contribution in [3.8, 4) is 11.6 Å². The van der Waals surface area contributed by atoms with Crippen molar-refractivity contribution in [1.29, 1.82) is 0 Å². The lowest BCUT2D eigenvalue weighted by Gasteiger charge is -2.37. The molecule has 7 nitrogen and oxygen atoms in total. The summed E-state index contributed by atoms with van der Waals surface area (Å²) < 4.78 is 16.3. The third-order valence-electron chi connectivity index (χ3n) is 4.03. The second-order valence-corrected chi connectivity index (χ2v) is 6.40. The van der Waals surface area contributed by atoms with Gasteiger partial charge in [0.05, 0.1) is 14.2 Å². The summed E-state index contributed by atoms with van der Waals surface area (Å²) in [6, 6.07) is 1.66. The van der Waals surface area contributed by atoms with E-state index in [1.165, 1.54) is 14.2 Å². The Morgan fingerprint density at radius 2 is 2.08 bits per heavy atom. The summed E-state index contributed by atoms with van der Waals surface area (Å²) in [7, 11) is 2.73. The topological polar surface area (TPSA) is 78.0 Å². The molecule has 1 saturated heterocycles. The van der Waals surface area contributed by atoms with Crippen molar-refractivity contribution < 1.29 is 23.8 Å². The maximum absolute atomic E-state index is 11.9. The fourth-order valence-electron chi connectivity index (χ4n) is 2.83. The lowest BCUT2D eigenvalue weighted by atomic mass is 10.0.